The van der Waals surface area contributed by atoms with Gasteiger partial charge in [-0.1, -0.05) is 32.0 Å². The van der Waals surface area contributed by atoms with E-state index >= 15 is 0 Å². The van der Waals surface area contributed by atoms with Crippen LogP contribution < -0.4 is 5.73 Å². The molecule has 0 saturated carbocycles. The number of nitrogens with two attached hydrogens (primary N) is 1. The number of carbonyl (C=O) groups excluding carboxylic acids is 1. The molecule has 0 spiro atoms. The van der Waals surface area contributed by atoms with Crippen LogP contribution in [0.1, 0.15) is 26.7 Å². The molecule has 0 radical (unpaired) electrons. The fraction of sp³-hybridized carbons (Fsp3) is 0.588. The summed E-state index contributed by atoms with van der Waals surface area (Å²) in [6.45, 7) is 5.73. The molecule has 1 aliphatic rings. The Bertz CT molecular complexity index is 647. The summed E-state index contributed by atoms with van der Waals surface area (Å²) >= 11 is 0. The van der Waals surface area contributed by atoms with Gasteiger partial charge in [-0.25, -0.2) is 8.42 Å². The van der Waals surface area contributed by atoms with E-state index in [1.165, 1.54) is 4.31 Å². The molecule has 0 bridgehead atoms. The van der Waals surface area contributed by atoms with Crippen LogP contribution >= 0.6 is 12.4 Å². The quantitative estimate of drug-likeness (QED) is 0.802. The lowest BCUT2D eigenvalue weighted by Gasteiger charge is -2.39. The predicted octanol–water partition coefficient (Wildman–Crippen LogP) is 1.71. The van der Waals surface area contributed by atoms with Crippen molar-refractivity contribution >= 4 is 28.3 Å². The number of rotatable bonds is 6. The van der Waals surface area contributed by atoms with E-state index in [2.05, 4.69) is 0 Å². The number of halogens is 1. The Morgan fingerprint density at radius 3 is 2.04 bits per heavy atom. The van der Waals surface area contributed by atoms with Gasteiger partial charge in [-0.15, -0.1) is 12.4 Å². The third-order valence-corrected chi connectivity index (χ3v) is 7.02. The highest BCUT2D eigenvalue weighted by molar-refractivity contribution is 7.89. The van der Waals surface area contributed by atoms with Crippen molar-refractivity contribution in [1.29, 1.82) is 0 Å². The lowest BCUT2D eigenvalue weighted by atomic mass is 9.81. The van der Waals surface area contributed by atoms with Crippen molar-refractivity contribution in [2.24, 2.45) is 11.1 Å². The van der Waals surface area contributed by atoms with E-state index in [0.29, 0.717) is 50.5 Å². The van der Waals surface area contributed by atoms with E-state index < -0.39 is 15.4 Å². The Labute approximate surface area is 156 Å². The van der Waals surface area contributed by atoms with E-state index in [0.717, 1.165) is 0 Å². The van der Waals surface area contributed by atoms with Crippen molar-refractivity contribution in [1.82, 2.24) is 9.21 Å². The second kappa shape index (κ2) is 8.98. The maximum Gasteiger partial charge on any atom is 0.243 e. The number of piperazine rings is 1. The van der Waals surface area contributed by atoms with Crippen molar-refractivity contribution in [3.63, 3.8) is 0 Å². The molecular formula is C17H28ClN3O3S. The van der Waals surface area contributed by atoms with Crippen LogP contribution in [0, 0.1) is 5.41 Å². The molecule has 1 fully saturated rings. The molecule has 6 nitrogen and oxygen atoms in total. The number of sulfonamides is 1. The molecule has 0 atom stereocenters. The molecule has 0 aromatic heterocycles. The molecule has 25 heavy (non-hydrogen) atoms. The maximum atomic E-state index is 12.8. The first-order chi connectivity index (χ1) is 11.4. The molecule has 142 valence electrons. The fourth-order valence-electron chi connectivity index (χ4n) is 3.14. The van der Waals surface area contributed by atoms with Gasteiger partial charge in [0.25, 0.3) is 0 Å². The highest BCUT2D eigenvalue weighted by atomic mass is 35.5. The number of hydrogen-bond donors (Lipinski definition) is 1. The highest BCUT2D eigenvalue weighted by Crippen LogP contribution is 2.28. The number of benzene rings is 1. The monoisotopic (exact) mass is 389 g/mol. The minimum Gasteiger partial charge on any atom is -0.340 e. The molecule has 0 unspecified atom stereocenters. The molecule has 1 amide bonds. The van der Waals surface area contributed by atoms with E-state index in [-0.39, 0.29) is 18.3 Å². The normalized spacial score (nSPS) is 16.4. The largest absolute Gasteiger partial charge is 0.340 e. The van der Waals surface area contributed by atoms with Crippen LogP contribution in [0.25, 0.3) is 0 Å². The van der Waals surface area contributed by atoms with Crippen molar-refractivity contribution < 1.29 is 13.2 Å². The molecule has 1 aliphatic heterocycles. The summed E-state index contributed by atoms with van der Waals surface area (Å²) in [7, 11) is -3.49. The van der Waals surface area contributed by atoms with Crippen LogP contribution in [0.4, 0.5) is 0 Å². The van der Waals surface area contributed by atoms with Crippen LogP contribution in [0.15, 0.2) is 35.2 Å². The average molecular weight is 390 g/mol. The van der Waals surface area contributed by atoms with Gasteiger partial charge < -0.3 is 10.6 Å². The van der Waals surface area contributed by atoms with Crippen molar-refractivity contribution in [3.05, 3.63) is 30.3 Å². The summed E-state index contributed by atoms with van der Waals surface area (Å²) < 4.78 is 26.7. The van der Waals surface area contributed by atoms with Gasteiger partial charge in [-0.2, -0.15) is 4.31 Å². The van der Waals surface area contributed by atoms with Crippen LogP contribution in [0.2, 0.25) is 0 Å². The van der Waals surface area contributed by atoms with Crippen LogP contribution in [0.5, 0.6) is 0 Å². The minimum atomic E-state index is -3.49. The highest BCUT2D eigenvalue weighted by Gasteiger charge is 2.39. The molecule has 2 N–H and O–H groups in total. The Hall–Kier alpha value is -1.15. The van der Waals surface area contributed by atoms with Gasteiger partial charge in [0.15, 0.2) is 0 Å². The third-order valence-electron chi connectivity index (χ3n) is 5.10. The van der Waals surface area contributed by atoms with Crippen LogP contribution in [0.3, 0.4) is 0 Å². The van der Waals surface area contributed by atoms with Gasteiger partial charge in [0.1, 0.15) is 0 Å². The van der Waals surface area contributed by atoms with E-state index in [1.54, 1.807) is 35.2 Å². The number of hydrogen-bond acceptors (Lipinski definition) is 4. The average Bonchev–Trinajstić information content (AvgIpc) is 2.64. The lowest BCUT2D eigenvalue weighted by molar-refractivity contribution is -0.143. The van der Waals surface area contributed by atoms with E-state index in [1.807, 2.05) is 13.8 Å². The van der Waals surface area contributed by atoms with Gasteiger partial charge in [0, 0.05) is 32.7 Å². The standard InChI is InChI=1S/C17H27N3O3S.ClH/c1-3-17(4-2,14-18)16(21)19-10-12-20(13-11-19)24(22,23)15-8-6-5-7-9-15;/h5-9H,3-4,10-14,18H2,1-2H3;1H. The van der Waals surface area contributed by atoms with E-state index in [9.17, 15) is 13.2 Å². The van der Waals surface area contributed by atoms with Gasteiger partial charge >= 0.3 is 0 Å². The van der Waals surface area contributed by atoms with Gasteiger partial charge in [-0.3, -0.25) is 4.79 Å². The van der Waals surface area contributed by atoms with Crippen LogP contribution in [-0.4, -0.2) is 56.3 Å². The molecule has 1 saturated heterocycles. The minimum absolute atomic E-state index is 0. The van der Waals surface area contributed by atoms with E-state index in [4.69, 9.17) is 5.73 Å². The first kappa shape index (κ1) is 21.9. The Morgan fingerprint density at radius 2 is 1.60 bits per heavy atom. The topological polar surface area (TPSA) is 83.7 Å². The zero-order valence-electron chi connectivity index (χ0n) is 14.8. The molecule has 1 heterocycles. The first-order valence-corrected chi connectivity index (χ1v) is 9.90. The molecule has 0 aliphatic carbocycles. The Kier molecular flexibility index (Phi) is 7.87. The van der Waals surface area contributed by atoms with Crippen molar-refractivity contribution in [2.45, 2.75) is 31.6 Å². The zero-order valence-corrected chi connectivity index (χ0v) is 16.5. The predicted molar refractivity (Wildman–Crippen MR) is 101 cm³/mol. The zero-order chi connectivity index (χ0) is 17.8. The van der Waals surface area contributed by atoms with Gasteiger partial charge in [0.2, 0.25) is 15.9 Å². The number of amides is 1. The van der Waals surface area contributed by atoms with Gasteiger partial charge in [0.05, 0.1) is 10.3 Å². The van der Waals surface area contributed by atoms with Crippen LogP contribution in [-0.2, 0) is 14.8 Å². The van der Waals surface area contributed by atoms with Gasteiger partial charge in [-0.05, 0) is 25.0 Å². The fourth-order valence-corrected chi connectivity index (χ4v) is 4.58. The summed E-state index contributed by atoms with van der Waals surface area (Å²) in [5, 5.41) is 0. The van der Waals surface area contributed by atoms with Crippen molar-refractivity contribution in [2.75, 3.05) is 32.7 Å². The molecule has 1 aromatic carbocycles. The number of nitrogens with zero attached hydrogens (tertiary/aromatic N) is 2. The molecule has 1 aromatic rings. The molecular weight excluding hydrogens is 362 g/mol. The first-order valence-electron chi connectivity index (χ1n) is 8.46. The summed E-state index contributed by atoms with van der Waals surface area (Å²) in [6, 6.07) is 8.41. The smallest absolute Gasteiger partial charge is 0.243 e. The Morgan fingerprint density at radius 1 is 1.08 bits per heavy atom. The number of carbonyl (C=O) groups is 1. The lowest BCUT2D eigenvalue weighted by Crippen LogP contribution is -2.55. The van der Waals surface area contributed by atoms with Crippen molar-refractivity contribution in [3.8, 4) is 0 Å². The third kappa shape index (κ3) is 4.34. The summed E-state index contributed by atoms with van der Waals surface area (Å²) in [4.78, 5) is 14.9. The SMILES string of the molecule is CCC(CC)(CN)C(=O)N1CCN(S(=O)(=O)c2ccccc2)CC1.Cl. The second-order valence-corrected chi connectivity index (χ2v) is 8.14. The Balaban J connectivity index is 0.00000312. The molecule has 2 rings (SSSR count). The summed E-state index contributed by atoms with van der Waals surface area (Å²) in [5.41, 5.74) is 5.33. The maximum absolute atomic E-state index is 12.8. The molecule has 8 heteroatoms. The summed E-state index contributed by atoms with van der Waals surface area (Å²) in [6.07, 6.45) is 1.39. The summed E-state index contributed by atoms with van der Waals surface area (Å²) in [5.74, 6) is 0.0479. The second-order valence-electron chi connectivity index (χ2n) is 6.20.